The maximum absolute atomic E-state index is 12.8. The van der Waals surface area contributed by atoms with Crippen LogP contribution < -0.4 is 14.4 Å². The molecule has 7 heteroatoms. The first kappa shape index (κ1) is 21.5. The number of anilines is 1. The number of benzene rings is 2. The number of carbonyl (C=O) groups is 2. The van der Waals surface area contributed by atoms with Gasteiger partial charge in [0.15, 0.2) is 6.61 Å². The molecule has 0 saturated carbocycles. The van der Waals surface area contributed by atoms with Gasteiger partial charge >= 0.3 is 5.97 Å². The number of hydrogen-bond donors (Lipinski definition) is 0. The van der Waals surface area contributed by atoms with Crippen LogP contribution in [0.4, 0.5) is 5.69 Å². The highest BCUT2D eigenvalue weighted by Crippen LogP contribution is 2.38. The van der Waals surface area contributed by atoms with E-state index in [1.165, 1.54) is 0 Å². The van der Waals surface area contributed by atoms with Crippen molar-refractivity contribution in [2.24, 2.45) is 0 Å². The number of esters is 1. The van der Waals surface area contributed by atoms with E-state index in [1.807, 2.05) is 49.3 Å². The van der Waals surface area contributed by atoms with Crippen molar-refractivity contribution < 1.29 is 23.8 Å². The van der Waals surface area contributed by atoms with E-state index in [-0.39, 0.29) is 18.6 Å². The first-order valence-electron chi connectivity index (χ1n) is 9.90. The van der Waals surface area contributed by atoms with Gasteiger partial charge in [0.2, 0.25) is 0 Å². The van der Waals surface area contributed by atoms with Gasteiger partial charge in [0, 0.05) is 31.9 Å². The van der Waals surface area contributed by atoms with Crippen molar-refractivity contribution >= 4 is 17.6 Å². The molecule has 0 aromatic heterocycles. The van der Waals surface area contributed by atoms with E-state index in [2.05, 4.69) is 0 Å². The highest BCUT2D eigenvalue weighted by Gasteiger charge is 2.32. The van der Waals surface area contributed by atoms with Crippen LogP contribution in [0.2, 0.25) is 0 Å². The van der Waals surface area contributed by atoms with E-state index in [9.17, 15) is 9.59 Å². The molecule has 1 fully saturated rings. The summed E-state index contributed by atoms with van der Waals surface area (Å²) in [5, 5.41) is 0. The lowest BCUT2D eigenvalue weighted by Gasteiger charge is -2.26. The van der Waals surface area contributed by atoms with Gasteiger partial charge in [-0.05, 0) is 55.3 Å². The summed E-state index contributed by atoms with van der Waals surface area (Å²) < 4.78 is 16.1. The lowest BCUT2D eigenvalue weighted by Crippen LogP contribution is -2.34. The van der Waals surface area contributed by atoms with Crippen molar-refractivity contribution in [1.29, 1.82) is 0 Å². The number of methoxy groups -OCH3 is 2. The highest BCUT2D eigenvalue weighted by molar-refractivity contribution is 5.91. The zero-order valence-electron chi connectivity index (χ0n) is 17.9. The smallest absolute Gasteiger partial charge is 0.338 e. The number of ether oxygens (including phenoxy) is 3. The fourth-order valence-corrected chi connectivity index (χ4v) is 3.68. The molecular formula is C23H28N2O5. The molecule has 3 rings (SSSR count). The van der Waals surface area contributed by atoms with E-state index < -0.39 is 5.97 Å². The van der Waals surface area contributed by atoms with Crippen molar-refractivity contribution in [2.45, 2.75) is 18.9 Å². The third-order valence-corrected chi connectivity index (χ3v) is 5.32. The standard InChI is InChI=1S/C23H28N2O5/c1-24(2)17-9-7-16(8-10-17)23(27)30-15-22(26)25-13-5-6-20(25)19-14-18(28-3)11-12-21(19)29-4/h7-12,14,20H,5-6,13,15H2,1-4H3/t20-/m1/s1. The monoisotopic (exact) mass is 412 g/mol. The molecule has 160 valence electrons. The molecule has 7 nitrogen and oxygen atoms in total. The van der Waals surface area contributed by atoms with Gasteiger partial charge in [-0.1, -0.05) is 0 Å². The zero-order chi connectivity index (χ0) is 21.7. The van der Waals surface area contributed by atoms with Crippen LogP contribution in [0.1, 0.15) is 34.8 Å². The average Bonchev–Trinajstić information content (AvgIpc) is 3.26. The summed E-state index contributed by atoms with van der Waals surface area (Å²) in [4.78, 5) is 28.9. The first-order chi connectivity index (χ1) is 14.4. The van der Waals surface area contributed by atoms with Crippen LogP contribution in [0.3, 0.4) is 0 Å². The minimum Gasteiger partial charge on any atom is -0.497 e. The fraction of sp³-hybridized carbons (Fsp3) is 0.391. The van der Waals surface area contributed by atoms with Crippen molar-refractivity contribution in [3.63, 3.8) is 0 Å². The molecule has 1 saturated heterocycles. The molecular weight excluding hydrogens is 384 g/mol. The predicted molar refractivity (Wildman–Crippen MR) is 114 cm³/mol. The molecule has 0 bridgehead atoms. The molecule has 1 aliphatic heterocycles. The quantitative estimate of drug-likeness (QED) is 0.650. The third kappa shape index (κ3) is 4.67. The lowest BCUT2D eigenvalue weighted by atomic mass is 10.0. The molecule has 0 radical (unpaired) electrons. The van der Waals surface area contributed by atoms with E-state index >= 15 is 0 Å². The number of rotatable bonds is 7. The first-order valence-corrected chi connectivity index (χ1v) is 9.90. The number of hydrogen-bond acceptors (Lipinski definition) is 6. The second-order valence-electron chi connectivity index (χ2n) is 7.37. The Labute approximate surface area is 177 Å². The summed E-state index contributed by atoms with van der Waals surface area (Å²) in [6, 6.07) is 12.5. The van der Waals surface area contributed by atoms with Gasteiger partial charge in [0.1, 0.15) is 11.5 Å². The molecule has 0 N–H and O–H groups in total. The maximum Gasteiger partial charge on any atom is 0.338 e. The van der Waals surface area contributed by atoms with Crippen LogP contribution in [-0.4, -0.2) is 58.2 Å². The molecule has 0 unspecified atom stereocenters. The van der Waals surface area contributed by atoms with Gasteiger partial charge < -0.3 is 24.0 Å². The van der Waals surface area contributed by atoms with Crippen molar-refractivity contribution in [2.75, 3.05) is 46.4 Å². The minimum absolute atomic E-state index is 0.138. The SMILES string of the molecule is COc1ccc(OC)c([C@H]2CCCN2C(=O)COC(=O)c2ccc(N(C)C)cc2)c1. The summed E-state index contributed by atoms with van der Waals surface area (Å²) in [7, 11) is 7.06. The Hall–Kier alpha value is -3.22. The molecule has 2 aromatic rings. The van der Waals surface area contributed by atoms with Crippen LogP contribution in [0.25, 0.3) is 0 Å². The van der Waals surface area contributed by atoms with Crippen LogP contribution in [0.15, 0.2) is 42.5 Å². The highest BCUT2D eigenvalue weighted by atomic mass is 16.5. The van der Waals surface area contributed by atoms with E-state index in [1.54, 1.807) is 31.3 Å². The van der Waals surface area contributed by atoms with E-state index in [4.69, 9.17) is 14.2 Å². The number of amides is 1. The second kappa shape index (κ2) is 9.52. The summed E-state index contributed by atoms with van der Waals surface area (Å²) in [5.41, 5.74) is 2.30. The molecule has 0 aliphatic carbocycles. The van der Waals surface area contributed by atoms with Crippen molar-refractivity contribution in [3.8, 4) is 11.5 Å². The van der Waals surface area contributed by atoms with Gasteiger partial charge in [-0.2, -0.15) is 0 Å². The zero-order valence-corrected chi connectivity index (χ0v) is 17.9. The molecule has 1 heterocycles. The van der Waals surface area contributed by atoms with Gasteiger partial charge in [0.25, 0.3) is 5.91 Å². The Kier molecular flexibility index (Phi) is 6.82. The summed E-state index contributed by atoms with van der Waals surface area (Å²) >= 11 is 0. The van der Waals surface area contributed by atoms with Crippen LogP contribution in [-0.2, 0) is 9.53 Å². The molecule has 2 aromatic carbocycles. The van der Waals surface area contributed by atoms with Gasteiger partial charge in [-0.3, -0.25) is 4.79 Å². The normalized spacial score (nSPS) is 15.6. The number of nitrogens with zero attached hydrogens (tertiary/aromatic N) is 2. The van der Waals surface area contributed by atoms with Crippen LogP contribution >= 0.6 is 0 Å². The largest absolute Gasteiger partial charge is 0.497 e. The fourth-order valence-electron chi connectivity index (χ4n) is 3.68. The van der Waals surface area contributed by atoms with E-state index in [0.717, 1.165) is 24.1 Å². The molecule has 0 spiro atoms. The van der Waals surface area contributed by atoms with Crippen LogP contribution in [0.5, 0.6) is 11.5 Å². The van der Waals surface area contributed by atoms with Gasteiger partial charge in [-0.25, -0.2) is 4.79 Å². The Morgan fingerprint density at radius 2 is 1.80 bits per heavy atom. The van der Waals surface area contributed by atoms with Gasteiger partial charge in [-0.15, -0.1) is 0 Å². The van der Waals surface area contributed by atoms with E-state index in [0.29, 0.717) is 23.6 Å². The minimum atomic E-state index is -0.511. The Morgan fingerprint density at radius 3 is 2.43 bits per heavy atom. The molecule has 30 heavy (non-hydrogen) atoms. The summed E-state index contributed by atoms with van der Waals surface area (Å²) in [5.74, 6) is 0.681. The lowest BCUT2D eigenvalue weighted by molar-refractivity contribution is -0.135. The van der Waals surface area contributed by atoms with Gasteiger partial charge in [0.05, 0.1) is 25.8 Å². The summed E-state index contributed by atoms with van der Waals surface area (Å²) in [6.07, 6.45) is 1.69. The summed E-state index contributed by atoms with van der Waals surface area (Å²) in [6.45, 7) is 0.315. The molecule has 1 amide bonds. The van der Waals surface area contributed by atoms with Crippen molar-refractivity contribution in [1.82, 2.24) is 4.90 Å². The third-order valence-electron chi connectivity index (χ3n) is 5.32. The maximum atomic E-state index is 12.8. The predicted octanol–water partition coefficient (Wildman–Crippen LogP) is 3.29. The average molecular weight is 412 g/mol. The Balaban J connectivity index is 1.67. The second-order valence-corrected chi connectivity index (χ2v) is 7.37. The Morgan fingerprint density at radius 1 is 1.07 bits per heavy atom. The van der Waals surface area contributed by atoms with Crippen molar-refractivity contribution in [3.05, 3.63) is 53.6 Å². The molecule has 1 atom stereocenters. The topological polar surface area (TPSA) is 68.3 Å². The number of carbonyl (C=O) groups excluding carboxylic acids is 2. The van der Waals surface area contributed by atoms with Crippen LogP contribution in [0, 0.1) is 0 Å². The Bertz CT molecular complexity index is 895. The number of likely N-dealkylation sites (tertiary alicyclic amines) is 1. The molecule has 1 aliphatic rings.